The second-order valence-electron chi connectivity index (χ2n) is 19.4. The number of carbonyl (C=O) groups excluding carboxylic acids is 2. The zero-order chi connectivity index (χ0) is 52.4. The number of carbonyl (C=O) groups is 2. The number of aryl methyl sites for hydroxylation is 2. The van der Waals surface area contributed by atoms with Crippen LogP contribution in [0.3, 0.4) is 0 Å². The topological polar surface area (TPSA) is 194 Å². The summed E-state index contributed by atoms with van der Waals surface area (Å²) in [7, 11) is 0. The second-order valence-corrected chi connectivity index (χ2v) is 19.4. The highest BCUT2D eigenvalue weighted by Crippen LogP contribution is 2.27. The van der Waals surface area contributed by atoms with Crippen molar-refractivity contribution in [3.8, 4) is 22.5 Å². The van der Waals surface area contributed by atoms with Gasteiger partial charge in [0.15, 0.2) is 11.0 Å². The van der Waals surface area contributed by atoms with E-state index in [2.05, 4.69) is 103 Å². The molecule has 0 fully saturated rings. The molecule has 0 unspecified atom stereocenters. The van der Waals surface area contributed by atoms with E-state index in [-0.39, 0.29) is 11.8 Å². The highest BCUT2D eigenvalue weighted by molar-refractivity contribution is 5.96. The third kappa shape index (κ3) is 11.7. The highest BCUT2D eigenvalue weighted by Gasteiger charge is 2.23. The van der Waals surface area contributed by atoms with Crippen molar-refractivity contribution < 1.29 is 18.7 Å². The number of nitrogen functional groups attached to an aromatic ring is 2. The first-order valence-electron chi connectivity index (χ1n) is 26.4. The first kappa shape index (κ1) is 50.5. The third-order valence-electron chi connectivity index (χ3n) is 13.9. The lowest BCUT2D eigenvalue weighted by Gasteiger charge is -2.12. The number of aromatic nitrogens is 6. The van der Waals surface area contributed by atoms with Crippen LogP contribution in [-0.2, 0) is 0 Å². The van der Waals surface area contributed by atoms with Crippen molar-refractivity contribution in [2.24, 2.45) is 0 Å². The molecule has 0 spiro atoms. The molecule has 0 saturated heterocycles. The van der Waals surface area contributed by atoms with Crippen LogP contribution in [0, 0.1) is 13.8 Å². The molecular weight excluding hydrogens is 945 g/mol. The Hall–Kier alpha value is -9.04. The molecule has 6 aromatic carbocycles. The Kier molecular flexibility index (Phi) is 15.6. The maximum atomic E-state index is 13.0. The SMILES string of the molecule is Cc1cc2nc3cnc(N)cc3[n+](-c3ccccc3)c2cc1NCCCCCCNC(=O)c1ccc(-c2ccc(C(=O)NCCCCCCNc3cc4c(cc3C)nc3cnc(N)cc3[n+]4-c3ccccc3)cc2)cc1. The van der Waals surface area contributed by atoms with Crippen molar-refractivity contribution in [3.05, 3.63) is 180 Å². The van der Waals surface area contributed by atoms with Gasteiger partial charge in [0, 0.05) is 85.1 Å². The van der Waals surface area contributed by atoms with Crippen molar-refractivity contribution in [2.75, 3.05) is 48.3 Å². The number of nitrogens with one attached hydrogen (secondary N) is 4. The summed E-state index contributed by atoms with van der Waals surface area (Å²) in [5.41, 5.74) is 29.0. The lowest BCUT2D eigenvalue weighted by molar-refractivity contribution is -0.538. The molecule has 0 saturated carbocycles. The van der Waals surface area contributed by atoms with Crippen LogP contribution < -0.4 is 41.9 Å². The summed E-state index contributed by atoms with van der Waals surface area (Å²) in [6, 6.07) is 48.1. The number of anilines is 4. The summed E-state index contributed by atoms with van der Waals surface area (Å²) in [6.45, 7) is 7.12. The van der Waals surface area contributed by atoms with Crippen molar-refractivity contribution in [3.63, 3.8) is 0 Å². The van der Waals surface area contributed by atoms with Gasteiger partial charge in [-0.2, -0.15) is 0 Å². The minimum Gasteiger partial charge on any atom is -0.385 e. The number of hydrogen-bond donors (Lipinski definition) is 6. The van der Waals surface area contributed by atoms with Gasteiger partial charge < -0.3 is 32.7 Å². The van der Waals surface area contributed by atoms with Crippen molar-refractivity contribution >= 4 is 79.0 Å². The summed E-state index contributed by atoms with van der Waals surface area (Å²) in [5.74, 6) is 0.739. The zero-order valence-electron chi connectivity index (χ0n) is 43.2. The van der Waals surface area contributed by atoms with Crippen LogP contribution in [0.25, 0.3) is 66.6 Å². The van der Waals surface area contributed by atoms with E-state index in [1.54, 1.807) is 12.4 Å². The van der Waals surface area contributed by atoms with E-state index in [1.165, 1.54) is 0 Å². The van der Waals surface area contributed by atoms with Crippen LogP contribution in [0.5, 0.6) is 0 Å². The van der Waals surface area contributed by atoms with E-state index in [4.69, 9.17) is 21.4 Å². The molecule has 4 heterocycles. The minimum atomic E-state index is -0.0805. The Morgan fingerprint density at radius 1 is 0.434 bits per heavy atom. The largest absolute Gasteiger partial charge is 0.385 e. The van der Waals surface area contributed by atoms with Crippen molar-refractivity contribution in [1.82, 2.24) is 30.6 Å². The van der Waals surface area contributed by atoms with Gasteiger partial charge in [-0.25, -0.2) is 19.9 Å². The molecule has 76 heavy (non-hydrogen) atoms. The quantitative estimate of drug-likeness (QED) is 0.0229. The summed E-state index contributed by atoms with van der Waals surface area (Å²) in [6.07, 6.45) is 11.4. The molecule has 0 radical (unpaired) electrons. The van der Waals surface area contributed by atoms with Crippen LogP contribution in [0.2, 0.25) is 0 Å². The van der Waals surface area contributed by atoms with Crippen LogP contribution in [0.1, 0.15) is 83.2 Å². The van der Waals surface area contributed by atoms with Crippen LogP contribution in [-0.4, -0.2) is 57.9 Å². The standard InChI is InChI=1S/C62H62N12O2/c1-41-33-51-55(73(47-17-9-7-10-18-47)57-37-59(63)69-39-53(57)71-51)35-49(41)65-29-13-3-5-15-31-67-61(75)45-25-21-43(22-26-45)44-23-27-46(28-24-44)62(76)68-32-16-6-4-14-30-66-50-36-56-52(34-42(50)2)72-54-40-70-60(64)38-58(54)74(56)48-19-11-8-12-20-48/h7-12,17-28,33-40H,3-6,13-16,29-32H2,1-2H3,(H6,63,64,65,66,67,68,69,70,75,76)/p+2. The van der Waals surface area contributed by atoms with Crippen molar-refractivity contribution in [2.45, 2.75) is 65.2 Å². The number of rotatable bonds is 21. The third-order valence-corrected chi connectivity index (χ3v) is 13.9. The Morgan fingerprint density at radius 2 is 0.803 bits per heavy atom. The summed E-state index contributed by atoms with van der Waals surface area (Å²) < 4.78 is 4.39. The van der Waals surface area contributed by atoms with Gasteiger partial charge in [0.25, 0.3) is 11.8 Å². The summed E-state index contributed by atoms with van der Waals surface area (Å²) >= 11 is 0. The maximum absolute atomic E-state index is 13.0. The van der Waals surface area contributed by atoms with Gasteiger partial charge in [-0.1, -0.05) is 86.3 Å². The molecule has 0 aliphatic heterocycles. The maximum Gasteiger partial charge on any atom is 0.251 e. The number of nitrogens with two attached hydrogens (primary N) is 2. The molecule has 10 aromatic rings. The van der Waals surface area contributed by atoms with E-state index < -0.39 is 0 Å². The molecule has 0 aliphatic rings. The van der Waals surface area contributed by atoms with E-state index in [0.29, 0.717) is 35.9 Å². The molecule has 14 heteroatoms. The molecular formula is C62H64N12O2+2. The van der Waals surface area contributed by atoms with E-state index in [9.17, 15) is 9.59 Å². The number of unbranched alkanes of at least 4 members (excludes halogenated alkanes) is 6. The van der Waals surface area contributed by atoms with Gasteiger partial charge in [-0.3, -0.25) is 9.59 Å². The molecule has 14 nitrogen and oxygen atoms in total. The molecule has 0 aliphatic carbocycles. The molecule has 4 aromatic heterocycles. The number of amides is 2. The molecule has 382 valence electrons. The van der Waals surface area contributed by atoms with E-state index in [0.717, 1.165) is 154 Å². The molecule has 0 atom stereocenters. The number of pyridine rings is 2. The molecule has 2 amide bonds. The predicted molar refractivity (Wildman–Crippen MR) is 306 cm³/mol. The Balaban J connectivity index is 0.618. The molecule has 10 rings (SSSR count). The van der Waals surface area contributed by atoms with Gasteiger partial charge in [-0.15, -0.1) is 9.13 Å². The van der Waals surface area contributed by atoms with Gasteiger partial charge in [-0.05, 0) is 98.2 Å². The smallest absolute Gasteiger partial charge is 0.251 e. The van der Waals surface area contributed by atoms with Gasteiger partial charge in [0.2, 0.25) is 33.4 Å². The van der Waals surface area contributed by atoms with Gasteiger partial charge >= 0.3 is 0 Å². The normalized spacial score (nSPS) is 11.3. The van der Waals surface area contributed by atoms with Gasteiger partial charge in [0.05, 0.1) is 24.5 Å². The Bertz CT molecular complexity index is 3440. The predicted octanol–water partition coefficient (Wildman–Crippen LogP) is 10.7. The Morgan fingerprint density at radius 3 is 1.20 bits per heavy atom. The Labute approximate surface area is 442 Å². The highest BCUT2D eigenvalue weighted by atomic mass is 16.2. The monoisotopic (exact) mass is 1010 g/mol. The number of para-hydroxylation sites is 2. The van der Waals surface area contributed by atoms with E-state index >= 15 is 0 Å². The van der Waals surface area contributed by atoms with Gasteiger partial charge in [0.1, 0.15) is 22.7 Å². The number of nitrogens with zero attached hydrogens (tertiary/aromatic N) is 6. The van der Waals surface area contributed by atoms with Crippen molar-refractivity contribution in [1.29, 1.82) is 0 Å². The zero-order valence-corrected chi connectivity index (χ0v) is 43.2. The van der Waals surface area contributed by atoms with E-state index in [1.807, 2.05) is 97.1 Å². The fraction of sp³-hybridized carbons (Fsp3) is 0.226. The molecule has 0 bridgehead atoms. The minimum absolute atomic E-state index is 0.0805. The van der Waals surface area contributed by atoms with Crippen LogP contribution >= 0.6 is 0 Å². The lowest BCUT2D eigenvalue weighted by Crippen LogP contribution is -2.33. The average molecular weight is 1010 g/mol. The first-order valence-corrected chi connectivity index (χ1v) is 26.4. The summed E-state index contributed by atoms with van der Waals surface area (Å²) in [5, 5.41) is 13.5. The summed E-state index contributed by atoms with van der Waals surface area (Å²) in [4.78, 5) is 44.4. The fourth-order valence-electron chi connectivity index (χ4n) is 9.84. The average Bonchev–Trinajstić information content (AvgIpc) is 3.48. The first-order chi connectivity index (χ1) is 37.2. The molecule has 8 N–H and O–H groups in total. The van der Waals surface area contributed by atoms with Crippen LogP contribution in [0.15, 0.2) is 158 Å². The number of benzene rings is 6. The second kappa shape index (κ2) is 23.4. The lowest BCUT2D eigenvalue weighted by atomic mass is 10.0. The number of hydrogen-bond acceptors (Lipinski definition) is 10. The van der Waals surface area contributed by atoms with Crippen LogP contribution in [0.4, 0.5) is 23.0 Å². The fourth-order valence-corrected chi connectivity index (χ4v) is 9.84. The number of fused-ring (bicyclic) bond motifs is 4.